The normalized spacial score (nSPS) is 12.8. The monoisotopic (exact) mass is 620 g/mol. The highest BCUT2D eigenvalue weighted by Crippen LogP contribution is 2.34. The van der Waals surface area contributed by atoms with Gasteiger partial charge in [0.2, 0.25) is 0 Å². The zero-order valence-electron chi connectivity index (χ0n) is 25.9. The number of fused-ring (bicyclic) bond motifs is 7. The summed E-state index contributed by atoms with van der Waals surface area (Å²) in [7, 11) is 0. The van der Waals surface area contributed by atoms with Gasteiger partial charge in [-0.3, -0.25) is 9.13 Å². The molecule has 5 aromatic heterocycles. The van der Waals surface area contributed by atoms with Crippen molar-refractivity contribution in [2.75, 3.05) is 0 Å². The first kappa shape index (κ1) is 26.7. The smallest absolute Gasteiger partial charge is 0.298 e. The number of rotatable bonds is 4. The van der Waals surface area contributed by atoms with Crippen LogP contribution < -0.4 is 5.69 Å². The molecule has 0 radical (unpaired) electrons. The van der Waals surface area contributed by atoms with E-state index >= 15 is 0 Å². The summed E-state index contributed by atoms with van der Waals surface area (Å²) in [5, 5.41) is 3.53. The van der Waals surface area contributed by atoms with Crippen molar-refractivity contribution < 1.29 is 0 Å². The fourth-order valence-electron chi connectivity index (χ4n) is 7.52. The minimum absolute atomic E-state index is 0.227. The summed E-state index contributed by atoms with van der Waals surface area (Å²) in [5.74, 6) is 2.63. The maximum Gasteiger partial charge on any atom is 0.340 e. The van der Waals surface area contributed by atoms with Gasteiger partial charge in [-0.2, -0.15) is 0 Å². The number of hydrogen-bond acceptors (Lipinski definition) is 3. The van der Waals surface area contributed by atoms with E-state index < -0.39 is 0 Å². The zero-order valence-corrected chi connectivity index (χ0v) is 25.9. The third-order valence-electron chi connectivity index (χ3n) is 9.53. The van der Waals surface area contributed by atoms with Crippen LogP contribution in [0, 0.1) is 0 Å². The largest absolute Gasteiger partial charge is 0.340 e. The lowest BCUT2D eigenvalue weighted by Gasteiger charge is -2.13. The summed E-state index contributed by atoms with van der Waals surface area (Å²) in [6, 6.07) is 44.8. The van der Waals surface area contributed by atoms with Crippen molar-refractivity contribution in [2.24, 2.45) is 0 Å². The first-order chi connectivity index (χ1) is 23.8. The third kappa shape index (κ3) is 3.78. The van der Waals surface area contributed by atoms with E-state index in [0.29, 0.717) is 11.6 Å². The van der Waals surface area contributed by atoms with E-state index in [1.807, 2.05) is 72.8 Å². The molecule has 9 aromatic rings. The van der Waals surface area contributed by atoms with Crippen molar-refractivity contribution >= 4 is 49.8 Å². The number of pyridine rings is 2. The Morgan fingerprint density at radius 1 is 0.438 bits per heavy atom. The molecule has 48 heavy (non-hydrogen) atoms. The zero-order chi connectivity index (χ0) is 31.8. The molecule has 7 nitrogen and oxygen atoms in total. The van der Waals surface area contributed by atoms with E-state index in [1.165, 1.54) is 16.6 Å². The lowest BCUT2D eigenvalue weighted by molar-refractivity contribution is 0.848. The molecular formula is C41H28N6O. The van der Waals surface area contributed by atoms with Gasteiger partial charge in [-0.15, -0.1) is 0 Å². The molecule has 4 aromatic carbocycles. The first-order valence-corrected chi connectivity index (χ1v) is 16.2. The summed E-state index contributed by atoms with van der Waals surface area (Å²) in [6.45, 7) is 0. The van der Waals surface area contributed by atoms with Gasteiger partial charge < -0.3 is 0 Å². The molecule has 0 fully saturated rings. The van der Waals surface area contributed by atoms with E-state index in [4.69, 9.17) is 9.97 Å². The quantitative estimate of drug-likeness (QED) is 0.198. The molecule has 1 aliphatic rings. The Hall–Kier alpha value is -6.47. The highest BCUT2D eigenvalue weighted by atomic mass is 16.2. The van der Waals surface area contributed by atoms with E-state index in [1.54, 1.807) is 9.13 Å². The predicted molar refractivity (Wildman–Crippen MR) is 193 cm³/mol. The van der Waals surface area contributed by atoms with Crippen LogP contribution in [0.1, 0.15) is 17.7 Å². The average molecular weight is 621 g/mol. The second-order valence-corrected chi connectivity index (χ2v) is 12.2. The fraction of sp³-hybridized carbons (Fsp3) is 0.0488. The lowest BCUT2D eigenvalue weighted by Crippen LogP contribution is -2.24. The summed E-state index contributed by atoms with van der Waals surface area (Å²) in [6.07, 6.45) is 6.37. The second-order valence-electron chi connectivity index (χ2n) is 12.2. The number of aromatic nitrogens is 6. The van der Waals surface area contributed by atoms with Crippen LogP contribution in [0.3, 0.4) is 0 Å². The number of nitrogens with zero attached hydrogens (tertiary/aromatic N) is 6. The summed E-state index contributed by atoms with van der Waals surface area (Å²) < 4.78 is 7.81. The minimum Gasteiger partial charge on any atom is -0.298 e. The standard InChI is InChI=1S/C41H28N6O/c48-41-46(39-25-11-23-37(42-39)44-31-17-5-1-13-27(31)28-14-2-6-18-32(28)44)35-21-9-10-22-36(35)47(41)40-26-12-24-38(43-40)45-33-19-7-3-15-29(33)30-16-4-8-20-34(30)45/h1-7,9-19,21-26H,8,20H2. The van der Waals surface area contributed by atoms with Crippen LogP contribution in [0.5, 0.6) is 0 Å². The SMILES string of the molecule is O=c1n(-c2cccc(-n3c4c(c5ccccc53)C=CCC4)n2)c2ccccc2n1-c1cccc(-n2c3ccccc3c3ccccc32)n1. The Kier molecular flexibility index (Phi) is 5.72. The Balaban J connectivity index is 1.17. The van der Waals surface area contributed by atoms with Crippen LogP contribution in [0.4, 0.5) is 0 Å². The van der Waals surface area contributed by atoms with E-state index in [9.17, 15) is 4.79 Å². The van der Waals surface area contributed by atoms with E-state index in [0.717, 1.165) is 62.8 Å². The van der Waals surface area contributed by atoms with Crippen LogP contribution in [0.15, 0.2) is 144 Å². The number of imidazole rings is 1. The van der Waals surface area contributed by atoms with Gasteiger partial charge in [-0.05, 0) is 67.4 Å². The van der Waals surface area contributed by atoms with Crippen LogP contribution >= 0.6 is 0 Å². The molecule has 0 saturated heterocycles. The summed E-state index contributed by atoms with van der Waals surface area (Å²) in [5.41, 5.74) is 7.02. The second kappa shape index (κ2) is 10.3. The molecule has 228 valence electrons. The molecular weight excluding hydrogens is 592 g/mol. The molecule has 0 bridgehead atoms. The Morgan fingerprint density at radius 3 is 1.44 bits per heavy atom. The van der Waals surface area contributed by atoms with Gasteiger partial charge >= 0.3 is 5.69 Å². The maximum atomic E-state index is 14.6. The highest BCUT2D eigenvalue weighted by molar-refractivity contribution is 6.09. The molecule has 7 heteroatoms. The number of hydrogen-bond donors (Lipinski definition) is 0. The van der Waals surface area contributed by atoms with Crippen molar-refractivity contribution in [3.8, 4) is 23.3 Å². The fourth-order valence-corrected chi connectivity index (χ4v) is 7.52. The molecule has 0 amide bonds. The van der Waals surface area contributed by atoms with Gasteiger partial charge in [0, 0.05) is 27.4 Å². The molecule has 5 heterocycles. The van der Waals surface area contributed by atoms with Crippen LogP contribution in [-0.2, 0) is 6.42 Å². The highest BCUT2D eigenvalue weighted by Gasteiger charge is 2.22. The Labute approximate surface area is 274 Å². The first-order valence-electron chi connectivity index (χ1n) is 16.2. The topological polar surface area (TPSA) is 62.6 Å². The van der Waals surface area contributed by atoms with Crippen molar-refractivity contribution in [3.63, 3.8) is 0 Å². The third-order valence-corrected chi connectivity index (χ3v) is 9.53. The molecule has 0 saturated carbocycles. The summed E-state index contributed by atoms with van der Waals surface area (Å²) >= 11 is 0. The molecule has 0 atom stereocenters. The van der Waals surface area contributed by atoms with E-state index in [-0.39, 0.29) is 5.69 Å². The molecule has 1 aliphatic carbocycles. The molecule has 10 rings (SSSR count). The van der Waals surface area contributed by atoms with Crippen LogP contribution in [0.25, 0.3) is 73.1 Å². The van der Waals surface area contributed by atoms with Crippen molar-refractivity contribution in [1.29, 1.82) is 0 Å². The lowest BCUT2D eigenvalue weighted by atomic mass is 10.0. The summed E-state index contributed by atoms with van der Waals surface area (Å²) in [4.78, 5) is 24.9. The maximum absolute atomic E-state index is 14.6. The van der Waals surface area contributed by atoms with Gasteiger partial charge in [0.15, 0.2) is 0 Å². The van der Waals surface area contributed by atoms with Crippen molar-refractivity contribution in [1.82, 2.24) is 28.2 Å². The van der Waals surface area contributed by atoms with Crippen molar-refractivity contribution in [3.05, 3.63) is 161 Å². The average Bonchev–Trinajstić information content (AvgIpc) is 3.77. The Morgan fingerprint density at radius 2 is 0.875 bits per heavy atom. The van der Waals surface area contributed by atoms with Gasteiger partial charge in [0.05, 0.1) is 27.6 Å². The number of allylic oxidation sites excluding steroid dienone is 1. The van der Waals surface area contributed by atoms with Gasteiger partial charge in [0.25, 0.3) is 0 Å². The minimum atomic E-state index is -0.227. The molecule has 0 aliphatic heterocycles. The van der Waals surface area contributed by atoms with Gasteiger partial charge in [-0.25, -0.2) is 23.9 Å². The van der Waals surface area contributed by atoms with Gasteiger partial charge in [0.1, 0.15) is 23.3 Å². The molecule has 0 unspecified atom stereocenters. The van der Waals surface area contributed by atoms with Crippen LogP contribution in [-0.4, -0.2) is 28.2 Å². The predicted octanol–water partition coefficient (Wildman–Crippen LogP) is 8.57. The van der Waals surface area contributed by atoms with E-state index in [2.05, 4.69) is 81.9 Å². The molecule has 0 N–H and O–H groups in total. The molecule has 0 spiro atoms. The van der Waals surface area contributed by atoms with Crippen LogP contribution in [0.2, 0.25) is 0 Å². The Bertz CT molecular complexity index is 2770. The number of benzene rings is 4. The van der Waals surface area contributed by atoms with Crippen molar-refractivity contribution in [2.45, 2.75) is 12.8 Å². The van der Waals surface area contributed by atoms with Gasteiger partial charge in [-0.1, -0.05) is 91.0 Å². The number of para-hydroxylation sites is 5.